The number of carboxylic acid groups (broad SMARTS) is 2. The normalized spacial score (nSPS) is 30.5. The standard InChI is InChI=1S/C10H11FO4/c1-5-7(9(14)15)6(8(12)13)3-4-10(5,2)11/h3-4,6H,1-2H3,(H,12,13)(H,14,15). The molecule has 0 saturated heterocycles. The fraction of sp³-hybridized carbons (Fsp3) is 0.400. The van der Waals surface area contributed by atoms with Crippen molar-refractivity contribution in [3.8, 4) is 0 Å². The van der Waals surface area contributed by atoms with E-state index in [1.807, 2.05) is 0 Å². The molecule has 1 aliphatic rings. The number of aliphatic carboxylic acids is 2. The third-order valence-electron chi connectivity index (χ3n) is 2.55. The Morgan fingerprint density at radius 3 is 2.40 bits per heavy atom. The van der Waals surface area contributed by atoms with E-state index in [1.165, 1.54) is 13.8 Å². The molecular weight excluding hydrogens is 203 g/mol. The van der Waals surface area contributed by atoms with Crippen molar-refractivity contribution in [1.82, 2.24) is 0 Å². The van der Waals surface area contributed by atoms with Crippen molar-refractivity contribution in [1.29, 1.82) is 0 Å². The van der Waals surface area contributed by atoms with Crippen LogP contribution in [0.3, 0.4) is 0 Å². The van der Waals surface area contributed by atoms with Gasteiger partial charge in [0, 0.05) is 0 Å². The average Bonchev–Trinajstić information content (AvgIpc) is 2.08. The Balaban J connectivity index is 3.30. The molecule has 1 rings (SSSR count). The van der Waals surface area contributed by atoms with Gasteiger partial charge in [-0.3, -0.25) is 4.79 Å². The molecule has 5 heteroatoms. The Hall–Kier alpha value is -1.65. The molecule has 0 saturated carbocycles. The molecule has 0 aromatic heterocycles. The van der Waals surface area contributed by atoms with Gasteiger partial charge in [-0.2, -0.15) is 0 Å². The number of carboxylic acids is 2. The van der Waals surface area contributed by atoms with Gasteiger partial charge in [0.05, 0.1) is 5.57 Å². The summed E-state index contributed by atoms with van der Waals surface area (Å²) in [6.07, 6.45) is 2.15. The first-order chi connectivity index (χ1) is 6.77. The second-order valence-electron chi connectivity index (χ2n) is 3.59. The van der Waals surface area contributed by atoms with Crippen molar-refractivity contribution in [3.05, 3.63) is 23.3 Å². The lowest BCUT2D eigenvalue weighted by molar-refractivity contribution is -0.142. The topological polar surface area (TPSA) is 74.6 Å². The van der Waals surface area contributed by atoms with Crippen molar-refractivity contribution < 1.29 is 24.2 Å². The summed E-state index contributed by atoms with van der Waals surface area (Å²) in [6.45, 7) is 2.49. The second-order valence-corrected chi connectivity index (χ2v) is 3.59. The molecule has 4 nitrogen and oxygen atoms in total. The van der Waals surface area contributed by atoms with Gasteiger partial charge in [-0.15, -0.1) is 0 Å². The van der Waals surface area contributed by atoms with Crippen LogP contribution in [-0.4, -0.2) is 27.8 Å². The van der Waals surface area contributed by atoms with Gasteiger partial charge in [0.1, 0.15) is 11.6 Å². The maximum atomic E-state index is 13.7. The third-order valence-corrected chi connectivity index (χ3v) is 2.55. The molecule has 0 bridgehead atoms. The molecule has 2 atom stereocenters. The maximum absolute atomic E-state index is 13.7. The fourth-order valence-electron chi connectivity index (χ4n) is 1.49. The minimum Gasteiger partial charge on any atom is -0.481 e. The van der Waals surface area contributed by atoms with Gasteiger partial charge in [-0.25, -0.2) is 9.18 Å². The van der Waals surface area contributed by atoms with Gasteiger partial charge >= 0.3 is 11.9 Å². The molecule has 15 heavy (non-hydrogen) atoms. The summed E-state index contributed by atoms with van der Waals surface area (Å²) in [5.74, 6) is -3.96. The number of hydrogen-bond donors (Lipinski definition) is 2. The van der Waals surface area contributed by atoms with Crippen LogP contribution < -0.4 is 0 Å². The van der Waals surface area contributed by atoms with Crippen LogP contribution >= 0.6 is 0 Å². The minimum absolute atomic E-state index is 0.0649. The average molecular weight is 214 g/mol. The molecule has 0 aromatic rings. The summed E-state index contributed by atoms with van der Waals surface area (Å²) in [6, 6.07) is 0. The summed E-state index contributed by atoms with van der Waals surface area (Å²) in [7, 11) is 0. The van der Waals surface area contributed by atoms with Crippen molar-refractivity contribution in [2.24, 2.45) is 5.92 Å². The number of allylic oxidation sites excluding steroid dienone is 2. The molecule has 2 N–H and O–H groups in total. The van der Waals surface area contributed by atoms with E-state index in [0.717, 1.165) is 12.2 Å². The third kappa shape index (κ3) is 1.91. The lowest BCUT2D eigenvalue weighted by Gasteiger charge is -2.26. The van der Waals surface area contributed by atoms with E-state index in [0.29, 0.717) is 0 Å². The van der Waals surface area contributed by atoms with E-state index < -0.39 is 29.1 Å². The highest BCUT2D eigenvalue weighted by molar-refractivity contribution is 5.96. The summed E-state index contributed by atoms with van der Waals surface area (Å²) in [4.78, 5) is 21.6. The number of halogens is 1. The second kappa shape index (κ2) is 3.49. The van der Waals surface area contributed by atoms with Crippen LogP contribution in [0.15, 0.2) is 23.3 Å². The zero-order valence-corrected chi connectivity index (χ0v) is 8.32. The van der Waals surface area contributed by atoms with Crippen LogP contribution in [0, 0.1) is 5.92 Å². The predicted molar refractivity (Wildman–Crippen MR) is 50.1 cm³/mol. The van der Waals surface area contributed by atoms with E-state index in [1.54, 1.807) is 0 Å². The molecule has 1 aliphatic carbocycles. The zero-order valence-electron chi connectivity index (χ0n) is 8.32. The molecule has 2 unspecified atom stereocenters. The Bertz CT molecular complexity index is 379. The van der Waals surface area contributed by atoms with Crippen LogP contribution in [0.1, 0.15) is 13.8 Å². The van der Waals surface area contributed by atoms with Crippen LogP contribution in [0.5, 0.6) is 0 Å². The van der Waals surface area contributed by atoms with E-state index in [4.69, 9.17) is 10.2 Å². The van der Waals surface area contributed by atoms with Gasteiger partial charge in [-0.1, -0.05) is 6.08 Å². The lowest BCUT2D eigenvalue weighted by Crippen LogP contribution is -2.31. The van der Waals surface area contributed by atoms with Crippen LogP contribution in [0.2, 0.25) is 0 Å². The monoisotopic (exact) mass is 214 g/mol. The zero-order chi connectivity index (χ0) is 11.8. The quantitative estimate of drug-likeness (QED) is 0.681. The first kappa shape index (κ1) is 11.4. The van der Waals surface area contributed by atoms with Gasteiger partial charge in [-0.05, 0) is 25.5 Å². The van der Waals surface area contributed by atoms with Crippen LogP contribution in [-0.2, 0) is 9.59 Å². The van der Waals surface area contributed by atoms with Crippen LogP contribution in [0.4, 0.5) is 4.39 Å². The molecule has 0 heterocycles. The molecular formula is C10H11FO4. The van der Waals surface area contributed by atoms with Crippen molar-refractivity contribution >= 4 is 11.9 Å². The summed E-state index contributed by atoms with van der Waals surface area (Å²) in [5.41, 5.74) is -2.35. The molecule has 0 amide bonds. The number of alkyl halides is 1. The maximum Gasteiger partial charge on any atom is 0.332 e. The first-order valence-corrected chi connectivity index (χ1v) is 4.33. The Morgan fingerprint density at radius 1 is 1.47 bits per heavy atom. The number of carbonyl (C=O) groups is 2. The van der Waals surface area contributed by atoms with E-state index in [-0.39, 0.29) is 5.57 Å². The number of hydrogen-bond acceptors (Lipinski definition) is 2. The summed E-state index contributed by atoms with van der Waals surface area (Å²) in [5, 5.41) is 17.6. The highest BCUT2D eigenvalue weighted by Crippen LogP contribution is 2.34. The van der Waals surface area contributed by atoms with Gasteiger partial charge in [0.25, 0.3) is 0 Å². The molecule has 0 spiro atoms. The smallest absolute Gasteiger partial charge is 0.332 e. The summed E-state index contributed by atoms with van der Waals surface area (Å²) >= 11 is 0. The minimum atomic E-state index is -1.89. The highest BCUT2D eigenvalue weighted by Gasteiger charge is 2.37. The first-order valence-electron chi connectivity index (χ1n) is 4.33. The SMILES string of the molecule is CC1=C(C(=O)O)C(C(=O)O)C=CC1(C)F. The van der Waals surface area contributed by atoms with Crippen molar-refractivity contribution in [2.75, 3.05) is 0 Å². The predicted octanol–water partition coefficient (Wildman–Crippen LogP) is 1.39. The molecule has 82 valence electrons. The van der Waals surface area contributed by atoms with Gasteiger partial charge in [0.2, 0.25) is 0 Å². The van der Waals surface area contributed by atoms with Crippen molar-refractivity contribution in [2.45, 2.75) is 19.5 Å². The van der Waals surface area contributed by atoms with Crippen molar-refractivity contribution in [3.63, 3.8) is 0 Å². The molecule has 0 aromatic carbocycles. The number of rotatable bonds is 2. The Morgan fingerprint density at radius 2 is 2.00 bits per heavy atom. The van der Waals surface area contributed by atoms with E-state index in [9.17, 15) is 14.0 Å². The van der Waals surface area contributed by atoms with Crippen LogP contribution in [0.25, 0.3) is 0 Å². The molecule has 0 aliphatic heterocycles. The lowest BCUT2D eigenvalue weighted by atomic mass is 9.81. The Labute approximate surface area is 85.7 Å². The molecule has 0 fully saturated rings. The fourth-order valence-corrected chi connectivity index (χ4v) is 1.49. The highest BCUT2D eigenvalue weighted by atomic mass is 19.1. The molecule has 0 radical (unpaired) electrons. The Kier molecular flexibility index (Phi) is 2.66. The van der Waals surface area contributed by atoms with E-state index in [2.05, 4.69) is 0 Å². The van der Waals surface area contributed by atoms with Gasteiger partial charge < -0.3 is 10.2 Å². The largest absolute Gasteiger partial charge is 0.481 e. The van der Waals surface area contributed by atoms with E-state index >= 15 is 0 Å². The summed E-state index contributed by atoms with van der Waals surface area (Å²) < 4.78 is 13.7. The van der Waals surface area contributed by atoms with Gasteiger partial charge in [0.15, 0.2) is 0 Å².